The molecule has 0 N–H and O–H groups in total. The van der Waals surface area contributed by atoms with Crippen LogP contribution in [0.1, 0.15) is 33.6 Å². The lowest BCUT2D eigenvalue weighted by molar-refractivity contribution is -0.154. The summed E-state index contributed by atoms with van der Waals surface area (Å²) in [6.07, 6.45) is 0.927. The Bertz CT molecular complexity index is 1080. The first-order chi connectivity index (χ1) is 15.7. The Hall–Kier alpha value is -1.55. The van der Waals surface area contributed by atoms with Crippen LogP contribution in [0.4, 0.5) is 0 Å². The monoisotopic (exact) mass is 658 g/mol. The van der Waals surface area contributed by atoms with E-state index in [1.807, 2.05) is 0 Å². The topological polar surface area (TPSA) is 74.8 Å². The molecular weight excluding hydrogens is 643 g/mol. The van der Waals surface area contributed by atoms with E-state index in [2.05, 4.69) is 47.8 Å². The molecule has 33 heavy (non-hydrogen) atoms. The van der Waals surface area contributed by atoms with Gasteiger partial charge in [-0.25, -0.2) is 5.01 Å². The molecule has 4 rings (SSSR count). The molecular formula is C23H18Br3ClN2O4. The first-order valence-corrected chi connectivity index (χ1v) is 13.2. The predicted octanol–water partition coefficient (Wildman–Crippen LogP) is 5.26. The molecule has 0 aromatic heterocycles. The number of carbonyl (C=O) groups excluding carboxylic acids is 4. The van der Waals surface area contributed by atoms with E-state index in [0.717, 1.165) is 14.5 Å². The Labute approximate surface area is 221 Å². The Morgan fingerprint density at radius 3 is 1.88 bits per heavy atom. The average Bonchev–Trinajstić information content (AvgIpc) is 3.02. The number of benzene rings is 2. The maximum absolute atomic E-state index is 13.4. The van der Waals surface area contributed by atoms with Crippen molar-refractivity contribution in [2.75, 3.05) is 6.54 Å². The standard InChI is InChI=1S/C23H18Br3ClN2O4/c24-14-5-1-12(2-6-14)20(30)11-28(21(31)13-3-7-15(27)8-4-13)29-22(32)16-9-18(25)19(26)10-17(16)23(29)33/h1-8,16-19H,9-11H2/t16-,17-,18+,19+/m1/s1. The molecule has 1 saturated carbocycles. The number of hydrogen-bond acceptors (Lipinski definition) is 4. The molecule has 0 bridgehead atoms. The lowest BCUT2D eigenvalue weighted by atomic mass is 9.81. The molecule has 0 radical (unpaired) electrons. The van der Waals surface area contributed by atoms with Crippen LogP contribution in [0.5, 0.6) is 0 Å². The van der Waals surface area contributed by atoms with E-state index in [4.69, 9.17) is 11.6 Å². The summed E-state index contributed by atoms with van der Waals surface area (Å²) in [7, 11) is 0. The van der Waals surface area contributed by atoms with Crippen LogP contribution in [0.3, 0.4) is 0 Å². The van der Waals surface area contributed by atoms with Gasteiger partial charge in [0.15, 0.2) is 5.78 Å². The van der Waals surface area contributed by atoms with Crippen molar-refractivity contribution in [1.29, 1.82) is 0 Å². The van der Waals surface area contributed by atoms with Crippen molar-refractivity contribution >= 4 is 82.9 Å². The highest BCUT2D eigenvalue weighted by atomic mass is 79.9. The Morgan fingerprint density at radius 1 is 0.879 bits per heavy atom. The van der Waals surface area contributed by atoms with Crippen molar-refractivity contribution in [3.05, 3.63) is 69.2 Å². The van der Waals surface area contributed by atoms with Crippen molar-refractivity contribution in [1.82, 2.24) is 10.0 Å². The van der Waals surface area contributed by atoms with Gasteiger partial charge < -0.3 is 0 Å². The highest BCUT2D eigenvalue weighted by Gasteiger charge is 2.54. The Balaban J connectivity index is 1.69. The van der Waals surface area contributed by atoms with Gasteiger partial charge in [-0.15, -0.1) is 0 Å². The molecule has 0 spiro atoms. The van der Waals surface area contributed by atoms with Gasteiger partial charge in [0.1, 0.15) is 6.54 Å². The molecule has 0 unspecified atom stereocenters. The zero-order valence-electron chi connectivity index (χ0n) is 17.1. The molecule has 6 nitrogen and oxygen atoms in total. The number of Topliss-reactive ketones (excluding diaryl/α,β-unsaturated/α-hetero) is 1. The highest BCUT2D eigenvalue weighted by molar-refractivity contribution is 9.12. The molecule has 2 fully saturated rings. The lowest BCUT2D eigenvalue weighted by Crippen LogP contribution is -2.52. The fourth-order valence-electron chi connectivity index (χ4n) is 4.15. The van der Waals surface area contributed by atoms with Gasteiger partial charge in [0.2, 0.25) is 0 Å². The van der Waals surface area contributed by atoms with E-state index < -0.39 is 41.9 Å². The van der Waals surface area contributed by atoms with E-state index in [0.29, 0.717) is 23.4 Å². The van der Waals surface area contributed by atoms with Gasteiger partial charge in [0.05, 0.1) is 11.8 Å². The van der Waals surface area contributed by atoms with E-state index in [1.165, 1.54) is 12.1 Å². The summed E-state index contributed by atoms with van der Waals surface area (Å²) >= 11 is 16.4. The summed E-state index contributed by atoms with van der Waals surface area (Å²) in [6.45, 7) is -0.449. The third-order valence-corrected chi connectivity index (χ3v) is 9.43. The van der Waals surface area contributed by atoms with Crippen molar-refractivity contribution in [3.63, 3.8) is 0 Å². The molecule has 1 aliphatic heterocycles. The smallest absolute Gasteiger partial charge is 0.273 e. The van der Waals surface area contributed by atoms with Gasteiger partial charge in [0.25, 0.3) is 17.7 Å². The number of alkyl halides is 2. The van der Waals surface area contributed by atoms with Gasteiger partial charge in [-0.3, -0.25) is 19.2 Å². The summed E-state index contributed by atoms with van der Waals surface area (Å²) in [6, 6.07) is 12.8. The zero-order valence-corrected chi connectivity index (χ0v) is 22.6. The van der Waals surface area contributed by atoms with E-state index in [9.17, 15) is 19.2 Å². The van der Waals surface area contributed by atoms with Gasteiger partial charge in [0, 0.05) is 30.3 Å². The summed E-state index contributed by atoms with van der Waals surface area (Å²) in [5, 5.41) is 2.30. The minimum absolute atomic E-state index is 0.0280. The van der Waals surface area contributed by atoms with E-state index in [-0.39, 0.29) is 15.2 Å². The molecule has 172 valence electrons. The molecule has 2 aromatic carbocycles. The van der Waals surface area contributed by atoms with Crippen LogP contribution < -0.4 is 0 Å². The number of hydrogen-bond donors (Lipinski definition) is 0. The van der Waals surface area contributed by atoms with Crippen LogP contribution in [0.25, 0.3) is 0 Å². The fraction of sp³-hybridized carbons (Fsp3) is 0.304. The molecule has 4 atom stereocenters. The van der Waals surface area contributed by atoms with Gasteiger partial charge in [-0.05, 0) is 49.2 Å². The second-order valence-electron chi connectivity index (χ2n) is 8.00. The predicted molar refractivity (Wildman–Crippen MR) is 134 cm³/mol. The number of nitrogens with zero attached hydrogens (tertiary/aromatic N) is 2. The van der Waals surface area contributed by atoms with Crippen LogP contribution >= 0.6 is 59.4 Å². The third kappa shape index (κ3) is 4.97. The number of ketones is 1. The number of rotatable bonds is 5. The molecule has 1 saturated heterocycles. The average molecular weight is 662 g/mol. The van der Waals surface area contributed by atoms with Crippen LogP contribution in [-0.2, 0) is 9.59 Å². The van der Waals surface area contributed by atoms with Crippen LogP contribution in [0, 0.1) is 11.8 Å². The molecule has 2 aliphatic rings. The molecule has 1 heterocycles. The second-order valence-corrected chi connectivity index (χ2v) is 11.7. The zero-order chi connectivity index (χ0) is 23.9. The lowest BCUT2D eigenvalue weighted by Gasteiger charge is -2.30. The summed E-state index contributed by atoms with van der Waals surface area (Å²) in [5.41, 5.74) is 0.583. The minimum Gasteiger partial charge on any atom is -0.292 e. The number of imide groups is 1. The first-order valence-electron chi connectivity index (χ1n) is 10.2. The SMILES string of the molecule is O=C(CN(C(=O)c1ccc(Cl)cc1)N1C(=O)[C@@H]2C[C@H](Br)[C@@H](Br)C[C@H]2C1=O)c1ccc(Br)cc1. The Kier molecular flexibility index (Phi) is 7.43. The van der Waals surface area contributed by atoms with Gasteiger partial charge >= 0.3 is 0 Å². The van der Waals surface area contributed by atoms with Crippen LogP contribution in [0.15, 0.2) is 53.0 Å². The second kappa shape index (κ2) is 9.98. The quantitative estimate of drug-likeness (QED) is 0.249. The van der Waals surface area contributed by atoms with E-state index >= 15 is 0 Å². The summed E-state index contributed by atoms with van der Waals surface area (Å²) < 4.78 is 0.802. The maximum atomic E-state index is 13.4. The highest BCUT2D eigenvalue weighted by Crippen LogP contribution is 2.43. The number of hydrazine groups is 1. The van der Waals surface area contributed by atoms with E-state index in [1.54, 1.807) is 36.4 Å². The van der Waals surface area contributed by atoms with Gasteiger partial charge in [-0.1, -0.05) is 71.5 Å². The summed E-state index contributed by atoms with van der Waals surface area (Å²) in [5.74, 6) is -3.02. The largest absolute Gasteiger partial charge is 0.292 e. The number of fused-ring (bicyclic) bond motifs is 1. The number of carbonyl (C=O) groups is 4. The molecule has 2 aromatic rings. The van der Waals surface area contributed by atoms with Crippen molar-refractivity contribution in [2.24, 2.45) is 11.8 Å². The maximum Gasteiger partial charge on any atom is 0.273 e. The summed E-state index contributed by atoms with van der Waals surface area (Å²) in [4.78, 5) is 53.2. The van der Waals surface area contributed by atoms with Crippen molar-refractivity contribution < 1.29 is 19.2 Å². The van der Waals surface area contributed by atoms with Crippen LogP contribution in [0.2, 0.25) is 5.02 Å². The van der Waals surface area contributed by atoms with Crippen molar-refractivity contribution in [3.8, 4) is 0 Å². The van der Waals surface area contributed by atoms with Gasteiger partial charge in [-0.2, -0.15) is 5.01 Å². The van der Waals surface area contributed by atoms with Crippen molar-refractivity contribution in [2.45, 2.75) is 22.5 Å². The van der Waals surface area contributed by atoms with Crippen LogP contribution in [-0.4, -0.2) is 49.7 Å². The minimum atomic E-state index is -0.622. The first kappa shape index (κ1) is 24.6. The molecule has 10 heteroatoms. The fourth-order valence-corrected chi connectivity index (χ4v) is 5.78. The number of amides is 3. The Morgan fingerprint density at radius 2 is 1.36 bits per heavy atom. The third-order valence-electron chi connectivity index (χ3n) is 5.91. The molecule has 3 amide bonds. The molecule has 1 aliphatic carbocycles. The number of halogens is 4. The normalized spacial score (nSPS) is 24.5.